The van der Waals surface area contributed by atoms with Crippen LogP contribution in [0.15, 0.2) is 40.8 Å². The highest BCUT2D eigenvalue weighted by Gasteiger charge is 2.09. The molecular formula is C21H27NO4. The first kappa shape index (κ1) is 19.6. The number of nitrogens with zero attached hydrogens (tertiary/aromatic N) is 1. The van der Waals surface area contributed by atoms with Gasteiger partial charge in [-0.1, -0.05) is 19.4 Å². The van der Waals surface area contributed by atoms with Crippen molar-refractivity contribution in [2.75, 3.05) is 20.8 Å². The predicted molar refractivity (Wildman–Crippen MR) is 102 cm³/mol. The number of unbranched alkanes of at least 4 members (excludes halogenated alkanes) is 1. The molecule has 0 spiro atoms. The van der Waals surface area contributed by atoms with Gasteiger partial charge in [0, 0.05) is 13.1 Å². The van der Waals surface area contributed by atoms with Crippen molar-refractivity contribution >= 4 is 12.0 Å². The molecule has 0 unspecified atom stereocenters. The van der Waals surface area contributed by atoms with Gasteiger partial charge in [0.2, 0.25) is 5.91 Å². The number of amides is 1. The standard InChI is InChI=1S/C21H27NO4/c1-5-6-13-25-19-11-8-17(14-20(19)24-4)9-12-21(23)22(3)15-18-10-7-16(2)26-18/h7-12,14H,5-6,13,15H2,1-4H3. The Morgan fingerprint density at radius 3 is 2.69 bits per heavy atom. The molecule has 0 saturated carbocycles. The van der Waals surface area contributed by atoms with Crippen LogP contribution in [0.4, 0.5) is 0 Å². The molecule has 1 aromatic heterocycles. The molecule has 2 aromatic rings. The van der Waals surface area contributed by atoms with Gasteiger partial charge < -0.3 is 18.8 Å². The first-order valence-electron chi connectivity index (χ1n) is 8.82. The summed E-state index contributed by atoms with van der Waals surface area (Å²) in [7, 11) is 3.36. The van der Waals surface area contributed by atoms with Crippen LogP contribution in [0.1, 0.15) is 36.8 Å². The third kappa shape index (κ3) is 5.69. The molecule has 0 radical (unpaired) electrons. The summed E-state index contributed by atoms with van der Waals surface area (Å²) in [4.78, 5) is 13.9. The number of likely N-dealkylation sites (N-methyl/N-ethyl adjacent to an activating group) is 1. The van der Waals surface area contributed by atoms with E-state index < -0.39 is 0 Å². The molecule has 0 atom stereocenters. The molecule has 2 rings (SSSR count). The zero-order chi connectivity index (χ0) is 18.9. The molecule has 1 heterocycles. The van der Waals surface area contributed by atoms with E-state index in [0.29, 0.717) is 18.9 Å². The molecule has 26 heavy (non-hydrogen) atoms. The summed E-state index contributed by atoms with van der Waals surface area (Å²) < 4.78 is 16.6. The molecule has 0 bridgehead atoms. The lowest BCUT2D eigenvalue weighted by Crippen LogP contribution is -2.23. The molecule has 0 aliphatic carbocycles. The maximum Gasteiger partial charge on any atom is 0.246 e. The van der Waals surface area contributed by atoms with E-state index >= 15 is 0 Å². The second kappa shape index (κ2) is 9.70. The molecule has 5 heteroatoms. The van der Waals surface area contributed by atoms with Gasteiger partial charge in [-0.25, -0.2) is 0 Å². The van der Waals surface area contributed by atoms with Gasteiger partial charge in [0.05, 0.1) is 20.3 Å². The minimum atomic E-state index is -0.0960. The number of ether oxygens (including phenoxy) is 2. The van der Waals surface area contributed by atoms with Crippen LogP contribution in [0.5, 0.6) is 11.5 Å². The van der Waals surface area contributed by atoms with Crippen molar-refractivity contribution in [1.82, 2.24) is 4.90 Å². The van der Waals surface area contributed by atoms with Crippen molar-refractivity contribution in [2.24, 2.45) is 0 Å². The topological polar surface area (TPSA) is 51.9 Å². The molecule has 0 saturated heterocycles. The number of furan rings is 1. The van der Waals surface area contributed by atoms with Gasteiger partial charge in [-0.05, 0) is 49.2 Å². The van der Waals surface area contributed by atoms with E-state index in [-0.39, 0.29) is 5.91 Å². The highest BCUT2D eigenvalue weighted by atomic mass is 16.5. The normalized spacial score (nSPS) is 10.9. The maximum absolute atomic E-state index is 12.3. The average molecular weight is 357 g/mol. The Morgan fingerprint density at radius 2 is 2.04 bits per heavy atom. The lowest BCUT2D eigenvalue weighted by Gasteiger charge is -2.13. The number of aryl methyl sites for hydroxylation is 1. The van der Waals surface area contributed by atoms with Crippen molar-refractivity contribution in [1.29, 1.82) is 0 Å². The van der Waals surface area contributed by atoms with Gasteiger partial charge in [-0.3, -0.25) is 4.79 Å². The van der Waals surface area contributed by atoms with Gasteiger partial charge >= 0.3 is 0 Å². The zero-order valence-corrected chi connectivity index (χ0v) is 16.0. The average Bonchev–Trinajstić information content (AvgIpc) is 3.05. The Kier molecular flexibility index (Phi) is 7.33. The number of methoxy groups -OCH3 is 1. The van der Waals surface area contributed by atoms with Crippen molar-refractivity contribution < 1.29 is 18.7 Å². The first-order chi connectivity index (χ1) is 12.5. The largest absolute Gasteiger partial charge is 0.493 e. The summed E-state index contributed by atoms with van der Waals surface area (Å²) in [5, 5.41) is 0. The molecule has 1 aromatic carbocycles. The van der Waals surface area contributed by atoms with E-state index in [2.05, 4.69) is 6.92 Å². The summed E-state index contributed by atoms with van der Waals surface area (Å²) in [6.07, 6.45) is 5.39. The Bertz CT molecular complexity index is 748. The highest BCUT2D eigenvalue weighted by molar-refractivity contribution is 5.91. The third-order valence-electron chi connectivity index (χ3n) is 3.93. The van der Waals surface area contributed by atoms with E-state index in [1.165, 1.54) is 0 Å². The lowest BCUT2D eigenvalue weighted by atomic mass is 10.2. The molecule has 5 nitrogen and oxygen atoms in total. The molecule has 0 fully saturated rings. The third-order valence-corrected chi connectivity index (χ3v) is 3.93. The summed E-state index contributed by atoms with van der Waals surface area (Å²) >= 11 is 0. The van der Waals surface area contributed by atoms with Crippen LogP contribution in [0, 0.1) is 6.92 Å². The van der Waals surface area contributed by atoms with Crippen LogP contribution >= 0.6 is 0 Å². The fourth-order valence-electron chi connectivity index (χ4n) is 2.41. The second-order valence-electron chi connectivity index (χ2n) is 6.15. The van der Waals surface area contributed by atoms with Gasteiger partial charge in [0.25, 0.3) is 0 Å². The van der Waals surface area contributed by atoms with E-state index in [1.54, 1.807) is 31.2 Å². The fourth-order valence-corrected chi connectivity index (χ4v) is 2.41. The molecule has 0 aliphatic rings. The SMILES string of the molecule is CCCCOc1ccc(C=CC(=O)N(C)Cc2ccc(C)o2)cc1OC. The lowest BCUT2D eigenvalue weighted by molar-refractivity contribution is -0.125. The Balaban J connectivity index is 1.98. The van der Waals surface area contributed by atoms with Crippen molar-refractivity contribution in [3.8, 4) is 11.5 Å². The van der Waals surface area contributed by atoms with Gasteiger partial charge in [0.1, 0.15) is 11.5 Å². The summed E-state index contributed by atoms with van der Waals surface area (Å²) in [5.74, 6) is 2.89. The molecule has 0 N–H and O–H groups in total. The number of hydrogen-bond donors (Lipinski definition) is 0. The van der Waals surface area contributed by atoms with Crippen LogP contribution in [-0.4, -0.2) is 31.6 Å². The van der Waals surface area contributed by atoms with E-state index in [0.717, 1.165) is 35.7 Å². The van der Waals surface area contributed by atoms with Gasteiger partial charge in [-0.2, -0.15) is 0 Å². The van der Waals surface area contributed by atoms with Crippen LogP contribution in [-0.2, 0) is 11.3 Å². The van der Waals surface area contributed by atoms with Gasteiger partial charge in [0.15, 0.2) is 11.5 Å². The van der Waals surface area contributed by atoms with Crippen LogP contribution in [0.25, 0.3) is 6.08 Å². The van der Waals surface area contributed by atoms with Crippen LogP contribution < -0.4 is 9.47 Å². The van der Waals surface area contributed by atoms with E-state index in [1.807, 2.05) is 37.3 Å². The molecule has 0 aliphatic heterocycles. The van der Waals surface area contributed by atoms with Crippen molar-refractivity contribution in [3.05, 3.63) is 53.5 Å². The fraction of sp³-hybridized carbons (Fsp3) is 0.381. The highest BCUT2D eigenvalue weighted by Crippen LogP contribution is 2.28. The van der Waals surface area contributed by atoms with Crippen LogP contribution in [0.2, 0.25) is 0 Å². The number of carbonyl (C=O) groups is 1. The van der Waals surface area contributed by atoms with Gasteiger partial charge in [-0.15, -0.1) is 0 Å². The smallest absolute Gasteiger partial charge is 0.246 e. The quantitative estimate of drug-likeness (QED) is 0.491. The van der Waals surface area contributed by atoms with Crippen molar-refractivity contribution in [3.63, 3.8) is 0 Å². The van der Waals surface area contributed by atoms with Crippen LogP contribution in [0.3, 0.4) is 0 Å². The minimum absolute atomic E-state index is 0.0960. The summed E-state index contributed by atoms with van der Waals surface area (Å²) in [6, 6.07) is 9.41. The number of carbonyl (C=O) groups excluding carboxylic acids is 1. The summed E-state index contributed by atoms with van der Waals surface area (Å²) in [5.41, 5.74) is 0.875. The zero-order valence-electron chi connectivity index (χ0n) is 16.0. The molecule has 140 valence electrons. The van der Waals surface area contributed by atoms with Crippen molar-refractivity contribution in [2.45, 2.75) is 33.2 Å². The number of benzene rings is 1. The number of rotatable bonds is 9. The first-order valence-corrected chi connectivity index (χ1v) is 8.82. The Labute approximate surface area is 155 Å². The number of hydrogen-bond acceptors (Lipinski definition) is 4. The monoisotopic (exact) mass is 357 g/mol. The van der Waals surface area contributed by atoms with E-state index in [9.17, 15) is 4.79 Å². The van der Waals surface area contributed by atoms with E-state index in [4.69, 9.17) is 13.9 Å². The second-order valence-corrected chi connectivity index (χ2v) is 6.15. The predicted octanol–water partition coefficient (Wildman–Crippen LogP) is 4.45. The molecular weight excluding hydrogens is 330 g/mol. The summed E-state index contributed by atoms with van der Waals surface area (Å²) in [6.45, 7) is 5.10. The Hall–Kier alpha value is -2.69. The molecule has 1 amide bonds. The minimum Gasteiger partial charge on any atom is -0.493 e. The maximum atomic E-state index is 12.3. The Morgan fingerprint density at radius 1 is 1.23 bits per heavy atom.